The summed E-state index contributed by atoms with van der Waals surface area (Å²) >= 11 is 0. The van der Waals surface area contributed by atoms with Crippen molar-refractivity contribution in [2.24, 2.45) is 5.73 Å². The first-order valence-corrected chi connectivity index (χ1v) is 9.42. The normalized spacial score (nSPS) is 28.2. The number of nitrogens with two attached hydrogens (primary N) is 1. The maximum Gasteiger partial charge on any atom is 0.152 e. The molecule has 21 heavy (non-hydrogen) atoms. The highest BCUT2D eigenvalue weighted by Crippen LogP contribution is 2.40. The largest absolute Gasteiger partial charge is 0.383 e. The van der Waals surface area contributed by atoms with E-state index >= 15 is 0 Å². The number of sulfone groups is 1. The molecule has 0 aliphatic heterocycles. The van der Waals surface area contributed by atoms with E-state index in [0.29, 0.717) is 32.7 Å². The number of ether oxygens (including phenoxy) is 2. The first-order valence-electron chi connectivity index (χ1n) is 7.47. The monoisotopic (exact) mass is 322 g/mol. The summed E-state index contributed by atoms with van der Waals surface area (Å²) < 4.78 is 34.9. The van der Waals surface area contributed by atoms with Crippen LogP contribution in [0.5, 0.6) is 0 Å². The summed E-state index contributed by atoms with van der Waals surface area (Å²) in [5.41, 5.74) is 5.56. The van der Waals surface area contributed by atoms with Crippen LogP contribution in [0, 0.1) is 0 Å². The standard InChI is InChI=1S/C14H30N2O4S/c1-12(10-20-3)16(8-9-19-2)14(11-15)7-5-6-13(14)21(4,17)18/h12-13H,5-11,15H2,1-4H3. The third-order valence-corrected chi connectivity index (χ3v) is 6.30. The van der Waals surface area contributed by atoms with Crippen LogP contribution in [-0.2, 0) is 19.3 Å². The molecule has 0 spiro atoms. The van der Waals surface area contributed by atoms with Crippen LogP contribution >= 0.6 is 0 Å². The quantitative estimate of drug-likeness (QED) is 0.656. The van der Waals surface area contributed by atoms with E-state index in [-0.39, 0.29) is 6.04 Å². The molecule has 6 nitrogen and oxygen atoms in total. The zero-order valence-electron chi connectivity index (χ0n) is 13.7. The van der Waals surface area contributed by atoms with Gasteiger partial charge >= 0.3 is 0 Å². The highest BCUT2D eigenvalue weighted by atomic mass is 32.2. The molecule has 1 saturated carbocycles. The van der Waals surface area contributed by atoms with Crippen LogP contribution in [0.15, 0.2) is 0 Å². The van der Waals surface area contributed by atoms with Gasteiger partial charge < -0.3 is 15.2 Å². The van der Waals surface area contributed by atoms with Gasteiger partial charge in [0.25, 0.3) is 0 Å². The van der Waals surface area contributed by atoms with Gasteiger partial charge in [-0.3, -0.25) is 4.90 Å². The van der Waals surface area contributed by atoms with E-state index in [1.165, 1.54) is 6.26 Å². The van der Waals surface area contributed by atoms with Gasteiger partial charge in [-0.25, -0.2) is 8.42 Å². The zero-order chi connectivity index (χ0) is 16.1. The Hall–Kier alpha value is -0.210. The van der Waals surface area contributed by atoms with Crippen molar-refractivity contribution in [2.45, 2.75) is 43.0 Å². The average molecular weight is 322 g/mol. The molecular formula is C14H30N2O4S. The lowest BCUT2D eigenvalue weighted by Gasteiger charge is -2.47. The summed E-state index contributed by atoms with van der Waals surface area (Å²) in [5, 5.41) is -0.411. The fourth-order valence-electron chi connectivity index (χ4n) is 3.72. The van der Waals surface area contributed by atoms with Crippen LogP contribution in [0.3, 0.4) is 0 Å². The molecule has 1 rings (SSSR count). The molecule has 0 saturated heterocycles. The van der Waals surface area contributed by atoms with E-state index in [0.717, 1.165) is 12.8 Å². The third kappa shape index (κ3) is 4.16. The molecule has 3 atom stereocenters. The van der Waals surface area contributed by atoms with Crippen LogP contribution < -0.4 is 5.73 Å². The van der Waals surface area contributed by atoms with Gasteiger partial charge in [-0.15, -0.1) is 0 Å². The number of nitrogens with zero attached hydrogens (tertiary/aromatic N) is 1. The van der Waals surface area contributed by atoms with Crippen molar-refractivity contribution in [1.29, 1.82) is 0 Å². The topological polar surface area (TPSA) is 81.9 Å². The number of rotatable bonds is 9. The fraction of sp³-hybridized carbons (Fsp3) is 1.00. The van der Waals surface area contributed by atoms with Crippen molar-refractivity contribution in [1.82, 2.24) is 4.90 Å². The van der Waals surface area contributed by atoms with Gasteiger partial charge in [0.1, 0.15) is 0 Å². The Labute approximate surface area is 128 Å². The fourth-order valence-corrected chi connectivity index (χ4v) is 5.46. The van der Waals surface area contributed by atoms with E-state index in [1.807, 2.05) is 6.92 Å². The van der Waals surface area contributed by atoms with Crippen molar-refractivity contribution in [3.05, 3.63) is 0 Å². The van der Waals surface area contributed by atoms with E-state index in [1.54, 1.807) is 14.2 Å². The van der Waals surface area contributed by atoms with Gasteiger partial charge in [-0.05, 0) is 19.8 Å². The van der Waals surface area contributed by atoms with Crippen molar-refractivity contribution in [3.8, 4) is 0 Å². The Bertz CT molecular complexity index is 415. The van der Waals surface area contributed by atoms with Crippen LogP contribution in [0.2, 0.25) is 0 Å². The Kier molecular flexibility index (Phi) is 7.06. The Morgan fingerprint density at radius 2 is 2.05 bits per heavy atom. The molecule has 0 heterocycles. The zero-order valence-corrected chi connectivity index (χ0v) is 14.5. The Balaban J connectivity index is 3.14. The number of methoxy groups -OCH3 is 2. The molecular weight excluding hydrogens is 292 g/mol. The Morgan fingerprint density at radius 1 is 1.38 bits per heavy atom. The molecule has 2 N–H and O–H groups in total. The molecule has 0 amide bonds. The van der Waals surface area contributed by atoms with Crippen LogP contribution in [0.25, 0.3) is 0 Å². The minimum absolute atomic E-state index is 0.0936. The van der Waals surface area contributed by atoms with Crippen LogP contribution in [-0.4, -0.2) is 76.9 Å². The second kappa shape index (κ2) is 7.87. The Morgan fingerprint density at radius 3 is 2.52 bits per heavy atom. The van der Waals surface area contributed by atoms with Gasteiger partial charge in [0.2, 0.25) is 0 Å². The second-order valence-corrected chi connectivity index (χ2v) is 8.24. The van der Waals surface area contributed by atoms with E-state index in [2.05, 4.69) is 4.90 Å². The van der Waals surface area contributed by atoms with Gasteiger partial charge in [0.05, 0.1) is 24.0 Å². The first kappa shape index (κ1) is 18.8. The molecule has 1 aliphatic carbocycles. The van der Waals surface area contributed by atoms with Crippen LogP contribution in [0.4, 0.5) is 0 Å². The third-order valence-electron chi connectivity index (χ3n) is 4.59. The first-order chi connectivity index (χ1) is 9.83. The average Bonchev–Trinajstić information content (AvgIpc) is 2.84. The summed E-state index contributed by atoms with van der Waals surface area (Å²) in [7, 11) is 0.161. The SMILES string of the molecule is COCCN(C(C)COC)C1(CN)CCCC1S(C)(=O)=O. The predicted octanol–water partition coefficient (Wildman–Crippen LogP) is 0.264. The number of hydrogen-bond donors (Lipinski definition) is 1. The van der Waals surface area contributed by atoms with Gasteiger partial charge in [-0.1, -0.05) is 6.42 Å². The van der Waals surface area contributed by atoms with Gasteiger partial charge in [0, 0.05) is 39.6 Å². The van der Waals surface area contributed by atoms with Gasteiger partial charge in [-0.2, -0.15) is 0 Å². The van der Waals surface area contributed by atoms with Crippen molar-refractivity contribution in [2.75, 3.05) is 46.8 Å². The van der Waals surface area contributed by atoms with Crippen LogP contribution in [0.1, 0.15) is 26.2 Å². The predicted molar refractivity (Wildman–Crippen MR) is 84.2 cm³/mol. The van der Waals surface area contributed by atoms with Crippen molar-refractivity contribution >= 4 is 9.84 Å². The molecule has 3 unspecified atom stereocenters. The molecule has 1 fully saturated rings. The maximum atomic E-state index is 12.2. The van der Waals surface area contributed by atoms with Crippen molar-refractivity contribution in [3.63, 3.8) is 0 Å². The molecule has 1 aliphatic rings. The molecule has 126 valence electrons. The lowest BCUT2D eigenvalue weighted by atomic mass is 9.92. The highest BCUT2D eigenvalue weighted by molar-refractivity contribution is 7.91. The molecule has 0 bridgehead atoms. The lowest BCUT2D eigenvalue weighted by molar-refractivity contribution is 0.00357. The minimum atomic E-state index is -3.14. The summed E-state index contributed by atoms with van der Waals surface area (Å²) in [6, 6.07) is 0.0936. The summed E-state index contributed by atoms with van der Waals surface area (Å²) in [5.74, 6) is 0. The lowest BCUT2D eigenvalue weighted by Crippen LogP contribution is -2.64. The molecule has 0 aromatic rings. The summed E-state index contributed by atoms with van der Waals surface area (Å²) in [6.07, 6.45) is 3.69. The van der Waals surface area contributed by atoms with E-state index in [9.17, 15) is 8.42 Å². The smallest absolute Gasteiger partial charge is 0.152 e. The molecule has 0 aromatic carbocycles. The second-order valence-electron chi connectivity index (χ2n) is 6.01. The van der Waals surface area contributed by atoms with Crippen molar-refractivity contribution < 1.29 is 17.9 Å². The maximum absolute atomic E-state index is 12.2. The molecule has 0 radical (unpaired) electrons. The van der Waals surface area contributed by atoms with Gasteiger partial charge in [0.15, 0.2) is 9.84 Å². The number of hydrogen-bond acceptors (Lipinski definition) is 6. The minimum Gasteiger partial charge on any atom is -0.383 e. The molecule has 0 aromatic heterocycles. The molecule has 7 heteroatoms. The summed E-state index contributed by atoms with van der Waals surface area (Å²) in [4.78, 5) is 2.19. The highest BCUT2D eigenvalue weighted by Gasteiger charge is 2.51. The van der Waals surface area contributed by atoms with E-state index < -0.39 is 20.6 Å². The summed E-state index contributed by atoms with van der Waals surface area (Å²) in [6.45, 7) is 4.13. The van der Waals surface area contributed by atoms with E-state index in [4.69, 9.17) is 15.2 Å².